The second kappa shape index (κ2) is 9.13. The zero-order chi connectivity index (χ0) is 15.8. The molecule has 0 radical (unpaired) electrons. The van der Waals surface area contributed by atoms with Crippen LogP contribution < -0.4 is 4.74 Å². The van der Waals surface area contributed by atoms with Gasteiger partial charge >= 0.3 is 0 Å². The molecule has 1 aromatic carbocycles. The van der Waals surface area contributed by atoms with Crippen LogP contribution in [0.15, 0.2) is 24.3 Å². The first-order chi connectivity index (χ1) is 10.7. The van der Waals surface area contributed by atoms with Gasteiger partial charge in [-0.25, -0.2) is 0 Å². The van der Waals surface area contributed by atoms with E-state index in [0.717, 1.165) is 51.7 Å². The highest BCUT2D eigenvalue weighted by molar-refractivity contribution is 5.27. The van der Waals surface area contributed by atoms with Crippen molar-refractivity contribution in [1.29, 1.82) is 0 Å². The van der Waals surface area contributed by atoms with Crippen LogP contribution >= 0.6 is 0 Å². The standard InChI is InChI=1S/C18H30N2O2/c1-4-17-15-19(8-9-20(17)11-12-21-3)10-13-22-18-7-5-6-16(2)14-18/h5-7,14,17H,4,8-13,15H2,1-3H3/t17-/m0/s1. The van der Waals surface area contributed by atoms with E-state index in [1.54, 1.807) is 7.11 Å². The summed E-state index contributed by atoms with van der Waals surface area (Å²) in [6.07, 6.45) is 1.19. The van der Waals surface area contributed by atoms with Crippen LogP contribution in [0.25, 0.3) is 0 Å². The third-order valence-corrected chi connectivity index (χ3v) is 4.41. The Morgan fingerprint density at radius 3 is 2.77 bits per heavy atom. The first-order valence-electron chi connectivity index (χ1n) is 8.37. The van der Waals surface area contributed by atoms with Gasteiger partial charge in [0.05, 0.1) is 6.61 Å². The maximum Gasteiger partial charge on any atom is 0.119 e. The van der Waals surface area contributed by atoms with Crippen LogP contribution in [0.4, 0.5) is 0 Å². The van der Waals surface area contributed by atoms with E-state index in [1.165, 1.54) is 12.0 Å². The summed E-state index contributed by atoms with van der Waals surface area (Å²) in [6, 6.07) is 8.91. The molecule has 1 atom stereocenters. The van der Waals surface area contributed by atoms with Gasteiger partial charge in [0.15, 0.2) is 0 Å². The van der Waals surface area contributed by atoms with E-state index in [-0.39, 0.29) is 0 Å². The molecule has 0 aromatic heterocycles. The molecule has 1 saturated heterocycles. The molecule has 0 amide bonds. The Kier molecular flexibility index (Phi) is 7.16. The Labute approximate surface area is 135 Å². The maximum absolute atomic E-state index is 5.87. The molecule has 1 aromatic rings. The summed E-state index contributed by atoms with van der Waals surface area (Å²) in [6.45, 7) is 11.4. The van der Waals surface area contributed by atoms with Crippen LogP contribution in [0, 0.1) is 6.92 Å². The number of methoxy groups -OCH3 is 1. The highest BCUT2D eigenvalue weighted by atomic mass is 16.5. The minimum atomic E-state index is 0.642. The molecule has 0 saturated carbocycles. The average molecular weight is 306 g/mol. The third kappa shape index (κ3) is 5.27. The van der Waals surface area contributed by atoms with Crippen molar-refractivity contribution in [2.45, 2.75) is 26.3 Å². The quantitative estimate of drug-likeness (QED) is 0.736. The Balaban J connectivity index is 1.73. The molecule has 0 N–H and O–H groups in total. The highest BCUT2D eigenvalue weighted by Crippen LogP contribution is 2.14. The summed E-state index contributed by atoms with van der Waals surface area (Å²) < 4.78 is 11.1. The molecule has 1 fully saturated rings. The van der Waals surface area contributed by atoms with Crippen LogP contribution in [-0.2, 0) is 4.74 Å². The monoisotopic (exact) mass is 306 g/mol. The van der Waals surface area contributed by atoms with Crippen molar-refractivity contribution >= 4 is 0 Å². The second-order valence-corrected chi connectivity index (χ2v) is 6.06. The van der Waals surface area contributed by atoms with Gasteiger partial charge in [-0.1, -0.05) is 19.1 Å². The minimum Gasteiger partial charge on any atom is -0.492 e. The van der Waals surface area contributed by atoms with E-state index in [9.17, 15) is 0 Å². The van der Waals surface area contributed by atoms with E-state index >= 15 is 0 Å². The fourth-order valence-corrected chi connectivity index (χ4v) is 3.05. The first-order valence-corrected chi connectivity index (χ1v) is 8.37. The zero-order valence-electron chi connectivity index (χ0n) is 14.3. The number of ether oxygens (including phenoxy) is 2. The van der Waals surface area contributed by atoms with Crippen molar-refractivity contribution in [2.75, 3.05) is 53.0 Å². The van der Waals surface area contributed by atoms with Gasteiger partial charge in [0.1, 0.15) is 12.4 Å². The molecular weight excluding hydrogens is 276 g/mol. The van der Waals surface area contributed by atoms with E-state index in [1.807, 2.05) is 12.1 Å². The summed E-state index contributed by atoms with van der Waals surface area (Å²) in [5.74, 6) is 0.978. The molecule has 0 unspecified atom stereocenters. The Bertz CT molecular complexity index is 439. The summed E-state index contributed by atoms with van der Waals surface area (Å²) >= 11 is 0. The number of hydrogen-bond acceptors (Lipinski definition) is 4. The lowest BCUT2D eigenvalue weighted by Crippen LogP contribution is -2.54. The molecule has 4 nitrogen and oxygen atoms in total. The van der Waals surface area contributed by atoms with E-state index < -0.39 is 0 Å². The molecule has 1 aliphatic rings. The predicted molar refractivity (Wildman–Crippen MR) is 90.6 cm³/mol. The van der Waals surface area contributed by atoms with Crippen molar-refractivity contribution in [3.63, 3.8) is 0 Å². The Morgan fingerprint density at radius 2 is 2.05 bits per heavy atom. The van der Waals surface area contributed by atoms with Crippen LogP contribution in [0.2, 0.25) is 0 Å². The van der Waals surface area contributed by atoms with Gasteiger partial charge in [-0.2, -0.15) is 0 Å². The van der Waals surface area contributed by atoms with E-state index in [4.69, 9.17) is 9.47 Å². The van der Waals surface area contributed by atoms with Crippen LogP contribution in [0.5, 0.6) is 5.75 Å². The summed E-state index contributed by atoms with van der Waals surface area (Å²) in [7, 11) is 1.78. The first kappa shape index (κ1) is 17.3. The third-order valence-electron chi connectivity index (χ3n) is 4.41. The lowest BCUT2D eigenvalue weighted by molar-refractivity contribution is 0.0444. The maximum atomic E-state index is 5.87. The van der Waals surface area contributed by atoms with Crippen LogP contribution in [0.3, 0.4) is 0 Å². The normalized spacial score (nSPS) is 20.2. The molecule has 2 rings (SSSR count). The van der Waals surface area contributed by atoms with Crippen molar-refractivity contribution in [3.05, 3.63) is 29.8 Å². The molecule has 4 heteroatoms. The summed E-state index contributed by atoms with van der Waals surface area (Å²) in [5.41, 5.74) is 1.25. The second-order valence-electron chi connectivity index (χ2n) is 6.06. The largest absolute Gasteiger partial charge is 0.492 e. The molecule has 1 heterocycles. The molecule has 0 spiro atoms. The lowest BCUT2D eigenvalue weighted by atomic mass is 10.1. The van der Waals surface area contributed by atoms with Crippen molar-refractivity contribution in [1.82, 2.24) is 9.80 Å². The Hall–Kier alpha value is -1.10. The average Bonchev–Trinajstić information content (AvgIpc) is 2.53. The van der Waals surface area contributed by atoms with Gasteiger partial charge in [0, 0.05) is 45.9 Å². The fourth-order valence-electron chi connectivity index (χ4n) is 3.05. The minimum absolute atomic E-state index is 0.642. The van der Waals surface area contributed by atoms with Gasteiger partial charge < -0.3 is 9.47 Å². The van der Waals surface area contributed by atoms with Crippen LogP contribution in [-0.4, -0.2) is 68.9 Å². The molecule has 0 bridgehead atoms. The number of rotatable bonds is 8. The SMILES string of the molecule is CC[C@H]1CN(CCOc2cccc(C)c2)CCN1CCOC. The smallest absolute Gasteiger partial charge is 0.119 e. The number of aryl methyl sites for hydroxylation is 1. The zero-order valence-corrected chi connectivity index (χ0v) is 14.3. The number of hydrogen-bond donors (Lipinski definition) is 0. The highest BCUT2D eigenvalue weighted by Gasteiger charge is 2.24. The van der Waals surface area contributed by atoms with Crippen molar-refractivity contribution in [3.8, 4) is 5.75 Å². The number of nitrogens with zero attached hydrogens (tertiary/aromatic N) is 2. The molecule has 0 aliphatic carbocycles. The van der Waals surface area contributed by atoms with Crippen LogP contribution in [0.1, 0.15) is 18.9 Å². The number of piperazine rings is 1. The van der Waals surface area contributed by atoms with E-state index in [2.05, 4.69) is 35.8 Å². The molecule has 1 aliphatic heterocycles. The molecule has 22 heavy (non-hydrogen) atoms. The lowest BCUT2D eigenvalue weighted by Gasteiger charge is -2.41. The fraction of sp³-hybridized carbons (Fsp3) is 0.667. The molecule has 124 valence electrons. The predicted octanol–water partition coefficient (Wildman–Crippen LogP) is 2.42. The van der Waals surface area contributed by atoms with Gasteiger partial charge in [-0.05, 0) is 31.0 Å². The van der Waals surface area contributed by atoms with Gasteiger partial charge in [0.2, 0.25) is 0 Å². The van der Waals surface area contributed by atoms with Gasteiger partial charge in [0.25, 0.3) is 0 Å². The van der Waals surface area contributed by atoms with Gasteiger partial charge in [-0.3, -0.25) is 9.80 Å². The number of benzene rings is 1. The van der Waals surface area contributed by atoms with Crippen molar-refractivity contribution < 1.29 is 9.47 Å². The van der Waals surface area contributed by atoms with Crippen molar-refractivity contribution in [2.24, 2.45) is 0 Å². The summed E-state index contributed by atoms with van der Waals surface area (Å²) in [5, 5.41) is 0. The topological polar surface area (TPSA) is 24.9 Å². The van der Waals surface area contributed by atoms with E-state index in [0.29, 0.717) is 6.04 Å². The van der Waals surface area contributed by atoms with Gasteiger partial charge in [-0.15, -0.1) is 0 Å². The Morgan fingerprint density at radius 1 is 1.18 bits per heavy atom. The molecular formula is C18H30N2O2. The summed E-state index contributed by atoms with van der Waals surface area (Å²) in [4.78, 5) is 5.08.